The van der Waals surface area contributed by atoms with Crippen molar-refractivity contribution < 1.29 is 0 Å². The first kappa shape index (κ1) is 59.8. The van der Waals surface area contributed by atoms with Crippen LogP contribution in [0, 0.1) is 0 Å². The molecule has 23 rings (SSSR count). The first-order chi connectivity index (χ1) is 49.9. The lowest BCUT2D eigenvalue weighted by Crippen LogP contribution is -2.43. The molecule has 22 heteroatoms. The topological polar surface area (TPSA) is 174 Å². The summed E-state index contributed by atoms with van der Waals surface area (Å²) in [6.07, 6.45) is 27.8. The Morgan fingerprint density at radius 3 is 1.16 bits per heavy atom. The maximum absolute atomic E-state index is 4.55. The summed E-state index contributed by atoms with van der Waals surface area (Å²) in [6.45, 7) is 4.45. The van der Waals surface area contributed by atoms with E-state index in [1.165, 1.54) is 66.9 Å². The Labute approximate surface area is 588 Å². The number of hydrogen-bond donors (Lipinski definition) is 0. The quantitative estimate of drug-likeness (QED) is 0.163. The number of rotatable bonds is 4. The molecule has 0 amide bonds. The molecule has 21 nitrogen and oxygen atoms in total. The zero-order chi connectivity index (χ0) is 67.2. The fourth-order valence-corrected chi connectivity index (χ4v) is 17.3. The predicted molar refractivity (Wildman–Crippen MR) is 398 cm³/mol. The summed E-state index contributed by atoms with van der Waals surface area (Å²) in [5, 5.41) is 3.36. The first-order valence-corrected chi connectivity index (χ1v) is 35.0. The molecule has 0 bridgehead atoms. The third-order valence-corrected chi connectivity index (χ3v) is 21.5. The van der Waals surface area contributed by atoms with E-state index >= 15 is 0 Å². The molecular weight excluding hydrogens is 1280 g/mol. The second-order valence-electron chi connectivity index (χ2n) is 26.3. The van der Waals surface area contributed by atoms with Gasteiger partial charge >= 0.3 is 0 Å². The smallest absolute Gasteiger partial charge is 0.162 e. The molecule has 0 saturated carbocycles. The number of pyridine rings is 1. The van der Waals surface area contributed by atoms with Gasteiger partial charge in [0.1, 0.15) is 90.9 Å². The Kier molecular flexibility index (Phi) is 14.5. The molecule has 13 aromatic rings. The lowest BCUT2D eigenvalue weighted by atomic mass is 10.1. The molecule has 5 unspecified atom stereocenters. The normalized spacial score (nSPS) is 18.8. The van der Waals surface area contributed by atoms with Gasteiger partial charge < -0.3 is 49.0 Å². The maximum atomic E-state index is 4.55. The van der Waals surface area contributed by atoms with E-state index in [0.29, 0.717) is 18.4 Å². The molecule has 494 valence electrons. The van der Waals surface area contributed by atoms with Gasteiger partial charge in [0, 0.05) is 97.4 Å². The molecule has 101 heavy (non-hydrogen) atoms. The van der Waals surface area contributed by atoms with Crippen LogP contribution in [0.15, 0.2) is 256 Å². The lowest BCUT2D eigenvalue weighted by Gasteiger charge is -2.30. The average molecular weight is 1340 g/mol. The van der Waals surface area contributed by atoms with Crippen molar-refractivity contribution >= 4 is 114 Å². The number of para-hydroxylation sites is 6. The molecule has 17 heterocycles. The second-order valence-corrected chi connectivity index (χ2v) is 27.2. The molecule has 0 radical (unpaired) electrons. The molecule has 6 aromatic carbocycles. The monoisotopic (exact) mass is 1340 g/mol. The number of likely N-dealkylation sites (N-methyl/N-ethyl adjacent to an activating group) is 1. The maximum Gasteiger partial charge on any atom is 0.162 e. The summed E-state index contributed by atoms with van der Waals surface area (Å²) in [6, 6.07) is 62.1. The zero-order valence-electron chi connectivity index (χ0n) is 55.5. The van der Waals surface area contributed by atoms with Gasteiger partial charge in [0.2, 0.25) is 0 Å². The van der Waals surface area contributed by atoms with Crippen molar-refractivity contribution in [3.05, 3.63) is 284 Å². The van der Waals surface area contributed by atoms with E-state index in [2.05, 4.69) is 288 Å². The molecule has 0 fully saturated rings. The highest BCUT2D eigenvalue weighted by Crippen LogP contribution is 2.56. The van der Waals surface area contributed by atoms with E-state index in [1.54, 1.807) is 43.0 Å². The van der Waals surface area contributed by atoms with Crippen LogP contribution in [-0.4, -0.2) is 98.7 Å². The van der Waals surface area contributed by atoms with Crippen LogP contribution < -0.4 is 49.0 Å². The standard InChI is InChI=1S/C18H14N4.C17H13N5.C16H12N4S.C15H16N4.C13H12N4/c1-2-7-14(8-3-1)21-17-10-13-6-4-5-9-15(13)22(17)16-11-19-12-20-18(16)21;1-2-4-14-12(3-1)9-16-21(13-5-7-18-8-6-13)15-10-19-11-20-17(15)22(14)16;1-2-5-12-11(4-1)8-14-19(15-6-3-7-21-15)13-9-17-10-18-16(13)20(12)14;1-10(2)18-13-8-16-9-17-15(13)19-12-6-4-3-5-11(12)7-14(18)19;1-16-11-7-14-8-15-13(11)17-10-5-3-2-4-9(10)6-12(16)17/h1-9,11-12,17H,10H2;1-8,10-11,16H,9H2;1-7,9-10,14H,8H2;3-6,8-10,14H,7H2,1-2H3;2-5,7-8,12H,6H2,1H3. The van der Waals surface area contributed by atoms with Gasteiger partial charge in [-0.05, 0) is 114 Å². The fourth-order valence-electron chi connectivity index (χ4n) is 16.5. The molecule has 10 aliphatic rings. The van der Waals surface area contributed by atoms with Gasteiger partial charge in [-0.3, -0.25) is 4.98 Å². The SMILES string of the molecule is CC(C)N1c2cncnc2N2c3ccccc3CC21.CN1c2cncnc2N2c3ccccc3CC12.c1ccc(N2c3ncncc3N3c4ccccc4CC32)cc1.c1ccc2c(c1)CC1N(c3ccncc3)c3cncnc3N21.c1csc(N2c3cncnc3N3c4ccccc4CC23)c1. The van der Waals surface area contributed by atoms with Crippen molar-refractivity contribution in [1.29, 1.82) is 0 Å². The number of fused-ring (bicyclic) bond motifs is 25. The van der Waals surface area contributed by atoms with Crippen molar-refractivity contribution in [1.82, 2.24) is 54.8 Å². The number of aromatic nitrogens is 11. The zero-order valence-corrected chi connectivity index (χ0v) is 56.4. The molecule has 0 aliphatic carbocycles. The van der Waals surface area contributed by atoms with E-state index in [-0.39, 0.29) is 18.5 Å². The van der Waals surface area contributed by atoms with Crippen LogP contribution in [0.2, 0.25) is 0 Å². The summed E-state index contributed by atoms with van der Waals surface area (Å²) in [7, 11) is 2.11. The number of hydrogen-bond acceptors (Lipinski definition) is 22. The van der Waals surface area contributed by atoms with Crippen LogP contribution in [0.3, 0.4) is 0 Å². The van der Waals surface area contributed by atoms with E-state index in [9.17, 15) is 0 Å². The Balaban J connectivity index is 0.0000000879. The lowest BCUT2D eigenvalue weighted by molar-refractivity contribution is 0.588. The summed E-state index contributed by atoms with van der Waals surface area (Å²) in [4.78, 5) is 71.0. The summed E-state index contributed by atoms with van der Waals surface area (Å²) in [5.41, 5.74) is 21.0. The van der Waals surface area contributed by atoms with Crippen molar-refractivity contribution in [3.63, 3.8) is 0 Å². The highest BCUT2D eigenvalue weighted by Gasteiger charge is 2.49. The minimum absolute atomic E-state index is 0.214. The van der Waals surface area contributed by atoms with Gasteiger partial charge in [-0.15, -0.1) is 11.3 Å². The molecule has 10 aliphatic heterocycles. The molecule has 5 atom stereocenters. The third-order valence-electron chi connectivity index (χ3n) is 20.6. The fraction of sp³-hybridized carbons (Fsp3) is 0.177. The van der Waals surface area contributed by atoms with E-state index in [0.717, 1.165) is 95.3 Å². The molecule has 0 N–H and O–H groups in total. The van der Waals surface area contributed by atoms with Crippen molar-refractivity contribution in [2.45, 2.75) is 82.8 Å². The number of benzene rings is 6. The van der Waals surface area contributed by atoms with Gasteiger partial charge in [0.15, 0.2) is 29.1 Å². The Morgan fingerprint density at radius 1 is 0.307 bits per heavy atom. The molecule has 7 aromatic heterocycles. The highest BCUT2D eigenvalue weighted by molar-refractivity contribution is 7.14. The second kappa shape index (κ2) is 24.5. The minimum Gasteiger partial charge on any atom is -0.349 e. The van der Waals surface area contributed by atoms with Crippen LogP contribution in [-0.2, 0) is 32.1 Å². The van der Waals surface area contributed by atoms with Gasteiger partial charge in [-0.2, -0.15) is 0 Å². The number of nitrogens with zero attached hydrogens (tertiary/aromatic N) is 21. The Hall–Kier alpha value is -12.4. The molecule has 0 saturated heterocycles. The Bertz CT molecular complexity index is 5070. The van der Waals surface area contributed by atoms with Crippen LogP contribution in [0.25, 0.3) is 0 Å². The van der Waals surface area contributed by atoms with Crippen LogP contribution in [0.4, 0.5) is 102 Å². The summed E-state index contributed by atoms with van der Waals surface area (Å²) in [5.74, 6) is 5.03. The third kappa shape index (κ3) is 9.74. The average Bonchev–Trinajstić information content (AvgIpc) is 1.61. The van der Waals surface area contributed by atoms with Gasteiger partial charge in [0.25, 0.3) is 0 Å². The highest BCUT2D eigenvalue weighted by atomic mass is 32.1. The van der Waals surface area contributed by atoms with Gasteiger partial charge in [-0.25, -0.2) is 49.8 Å². The molecular formula is C79H67N21S. The van der Waals surface area contributed by atoms with E-state index in [1.807, 2.05) is 61.6 Å². The summed E-state index contributed by atoms with van der Waals surface area (Å²) < 4.78 is 0. The first-order valence-electron chi connectivity index (χ1n) is 34.2. The largest absolute Gasteiger partial charge is 0.349 e. The van der Waals surface area contributed by atoms with Gasteiger partial charge in [0.05, 0.1) is 36.0 Å². The summed E-state index contributed by atoms with van der Waals surface area (Å²) >= 11 is 1.76. The van der Waals surface area contributed by atoms with Crippen LogP contribution in [0.1, 0.15) is 41.7 Å². The number of thiophene rings is 1. The minimum atomic E-state index is 0.214. The Morgan fingerprint density at radius 2 is 0.663 bits per heavy atom. The van der Waals surface area contributed by atoms with Gasteiger partial charge in [-0.1, -0.05) is 109 Å². The number of anilines is 18. The predicted octanol–water partition coefficient (Wildman–Crippen LogP) is 15.1. The van der Waals surface area contributed by atoms with Crippen molar-refractivity contribution in [2.75, 3.05) is 56.0 Å². The van der Waals surface area contributed by atoms with Crippen LogP contribution in [0.5, 0.6) is 0 Å². The van der Waals surface area contributed by atoms with E-state index < -0.39 is 0 Å². The molecule has 0 spiro atoms. The van der Waals surface area contributed by atoms with Crippen molar-refractivity contribution in [2.24, 2.45) is 0 Å². The van der Waals surface area contributed by atoms with E-state index in [4.69, 9.17) is 0 Å². The van der Waals surface area contributed by atoms with Crippen LogP contribution >= 0.6 is 11.3 Å². The van der Waals surface area contributed by atoms with Crippen molar-refractivity contribution in [3.8, 4) is 0 Å².